The van der Waals surface area contributed by atoms with Gasteiger partial charge in [0, 0.05) is 30.0 Å². The molecule has 0 amide bonds. The van der Waals surface area contributed by atoms with Crippen LogP contribution in [-0.2, 0) is 6.54 Å². The lowest BCUT2D eigenvalue weighted by Gasteiger charge is -2.10. The summed E-state index contributed by atoms with van der Waals surface area (Å²) in [7, 11) is 0. The van der Waals surface area contributed by atoms with Gasteiger partial charge < -0.3 is 5.32 Å². The van der Waals surface area contributed by atoms with Crippen LogP contribution in [0.4, 0.5) is 10.1 Å². The van der Waals surface area contributed by atoms with Crippen LogP contribution in [-0.4, -0.2) is 4.98 Å². The van der Waals surface area contributed by atoms with Gasteiger partial charge in [0.25, 0.3) is 0 Å². The second kappa shape index (κ2) is 5.59. The summed E-state index contributed by atoms with van der Waals surface area (Å²) in [4.78, 5) is 4.15. The van der Waals surface area contributed by atoms with Gasteiger partial charge in [-0.25, -0.2) is 4.39 Å². The van der Waals surface area contributed by atoms with E-state index in [1.54, 1.807) is 12.3 Å². The third-order valence-electron chi connectivity index (χ3n) is 3.15. The van der Waals surface area contributed by atoms with Crippen molar-refractivity contribution in [3.05, 3.63) is 70.7 Å². The van der Waals surface area contributed by atoms with E-state index in [2.05, 4.69) is 26.2 Å². The number of aromatic nitrogens is 1. The molecule has 0 saturated carbocycles. The highest BCUT2D eigenvalue weighted by molar-refractivity contribution is 9.10. The number of halogens is 2. The summed E-state index contributed by atoms with van der Waals surface area (Å²) < 4.78 is 14.0. The highest BCUT2D eigenvalue weighted by Crippen LogP contribution is 2.23. The van der Waals surface area contributed by atoms with Gasteiger partial charge in [-0.05, 0) is 51.1 Å². The van der Waals surface area contributed by atoms with Gasteiger partial charge in [-0.1, -0.05) is 18.2 Å². The molecule has 0 unspecified atom stereocenters. The molecule has 2 nitrogen and oxygen atoms in total. The van der Waals surface area contributed by atoms with Crippen LogP contribution in [0.15, 0.2) is 59.3 Å². The van der Waals surface area contributed by atoms with E-state index in [1.165, 1.54) is 6.07 Å². The number of anilines is 1. The molecule has 0 fully saturated rings. The van der Waals surface area contributed by atoms with Gasteiger partial charge in [-0.15, -0.1) is 0 Å². The van der Waals surface area contributed by atoms with E-state index in [9.17, 15) is 4.39 Å². The van der Waals surface area contributed by atoms with Gasteiger partial charge in [-0.3, -0.25) is 4.98 Å². The maximum Gasteiger partial charge on any atom is 0.137 e. The third kappa shape index (κ3) is 2.65. The lowest BCUT2D eigenvalue weighted by molar-refractivity contribution is 0.619. The lowest BCUT2D eigenvalue weighted by Crippen LogP contribution is -2.00. The zero-order valence-electron chi connectivity index (χ0n) is 10.6. The van der Waals surface area contributed by atoms with Crippen LogP contribution in [0.25, 0.3) is 10.8 Å². The number of rotatable bonds is 3. The molecule has 0 aliphatic carbocycles. The number of fused-ring (bicyclic) bond motifs is 1. The van der Waals surface area contributed by atoms with Crippen LogP contribution in [0.3, 0.4) is 0 Å². The monoisotopic (exact) mass is 330 g/mol. The SMILES string of the molecule is Fc1cc(CNc2cccc3ccncc23)ccc1Br. The van der Waals surface area contributed by atoms with E-state index in [0.29, 0.717) is 11.0 Å². The maximum atomic E-state index is 13.5. The van der Waals surface area contributed by atoms with Crippen LogP contribution in [0.2, 0.25) is 0 Å². The van der Waals surface area contributed by atoms with Crippen molar-refractivity contribution in [1.82, 2.24) is 4.98 Å². The fourth-order valence-electron chi connectivity index (χ4n) is 2.11. The number of benzene rings is 2. The summed E-state index contributed by atoms with van der Waals surface area (Å²) in [5, 5.41) is 5.52. The molecule has 2 aromatic carbocycles. The Morgan fingerprint density at radius 1 is 1.15 bits per heavy atom. The van der Waals surface area contributed by atoms with E-state index in [4.69, 9.17) is 0 Å². The highest BCUT2D eigenvalue weighted by atomic mass is 79.9. The zero-order chi connectivity index (χ0) is 13.9. The van der Waals surface area contributed by atoms with Crippen LogP contribution < -0.4 is 5.32 Å². The molecule has 20 heavy (non-hydrogen) atoms. The molecule has 0 radical (unpaired) electrons. The van der Waals surface area contributed by atoms with Crippen LogP contribution in [0.5, 0.6) is 0 Å². The Hall–Kier alpha value is -1.94. The van der Waals surface area contributed by atoms with Crippen molar-refractivity contribution in [2.24, 2.45) is 0 Å². The molecule has 0 aliphatic rings. The number of hydrogen-bond donors (Lipinski definition) is 1. The molecule has 0 bridgehead atoms. The van der Waals surface area contributed by atoms with E-state index < -0.39 is 0 Å². The fourth-order valence-corrected chi connectivity index (χ4v) is 2.36. The number of pyridine rings is 1. The number of hydrogen-bond acceptors (Lipinski definition) is 2. The molecular weight excluding hydrogens is 319 g/mol. The predicted octanol–water partition coefficient (Wildman–Crippen LogP) is 4.75. The largest absolute Gasteiger partial charge is 0.380 e. The molecule has 0 saturated heterocycles. The second-order valence-corrected chi connectivity index (χ2v) is 5.36. The van der Waals surface area contributed by atoms with E-state index in [-0.39, 0.29) is 5.82 Å². The molecule has 100 valence electrons. The standard InChI is InChI=1S/C16H12BrFN2/c17-14-5-4-11(8-15(14)18)9-20-16-3-1-2-12-6-7-19-10-13(12)16/h1-8,10,20H,9H2. The van der Waals surface area contributed by atoms with Gasteiger partial charge in [0.05, 0.1) is 4.47 Å². The summed E-state index contributed by atoms with van der Waals surface area (Å²) in [6, 6.07) is 13.1. The fraction of sp³-hybridized carbons (Fsp3) is 0.0625. The Balaban J connectivity index is 1.85. The molecule has 4 heteroatoms. The third-order valence-corrected chi connectivity index (χ3v) is 3.79. The molecule has 0 aliphatic heterocycles. The average Bonchev–Trinajstić information content (AvgIpc) is 2.48. The van der Waals surface area contributed by atoms with E-state index in [0.717, 1.165) is 22.0 Å². The first kappa shape index (κ1) is 13.1. The molecule has 1 aromatic heterocycles. The molecule has 1 heterocycles. The summed E-state index contributed by atoms with van der Waals surface area (Å²) in [6.07, 6.45) is 3.61. The second-order valence-electron chi connectivity index (χ2n) is 4.50. The minimum absolute atomic E-state index is 0.246. The van der Waals surface area contributed by atoms with Crippen molar-refractivity contribution in [2.75, 3.05) is 5.32 Å². The van der Waals surface area contributed by atoms with Gasteiger partial charge in [0.2, 0.25) is 0 Å². The first-order chi connectivity index (χ1) is 9.74. The minimum Gasteiger partial charge on any atom is -0.380 e. The summed E-state index contributed by atoms with van der Waals surface area (Å²) in [6.45, 7) is 0.568. The molecule has 0 spiro atoms. The summed E-state index contributed by atoms with van der Waals surface area (Å²) >= 11 is 3.15. The Morgan fingerprint density at radius 3 is 2.90 bits per heavy atom. The zero-order valence-corrected chi connectivity index (χ0v) is 12.2. The molecule has 1 N–H and O–H groups in total. The number of nitrogens with one attached hydrogen (secondary N) is 1. The molecular formula is C16H12BrFN2. The lowest BCUT2D eigenvalue weighted by atomic mass is 10.1. The van der Waals surface area contributed by atoms with Gasteiger partial charge >= 0.3 is 0 Å². The van der Waals surface area contributed by atoms with Crippen molar-refractivity contribution in [2.45, 2.75) is 6.54 Å². The smallest absolute Gasteiger partial charge is 0.137 e. The van der Waals surface area contributed by atoms with Crippen LogP contribution >= 0.6 is 15.9 Å². The van der Waals surface area contributed by atoms with E-state index in [1.807, 2.05) is 36.5 Å². The normalized spacial score (nSPS) is 10.7. The summed E-state index contributed by atoms with van der Waals surface area (Å²) in [5.41, 5.74) is 1.89. The van der Waals surface area contributed by atoms with Crippen LogP contribution in [0, 0.1) is 5.82 Å². The Kier molecular flexibility index (Phi) is 3.65. The topological polar surface area (TPSA) is 24.9 Å². The highest BCUT2D eigenvalue weighted by Gasteiger charge is 2.03. The Bertz CT molecular complexity index is 753. The van der Waals surface area contributed by atoms with E-state index >= 15 is 0 Å². The first-order valence-corrected chi connectivity index (χ1v) is 7.04. The average molecular weight is 331 g/mol. The quantitative estimate of drug-likeness (QED) is 0.749. The Morgan fingerprint density at radius 2 is 2.05 bits per heavy atom. The van der Waals surface area contributed by atoms with Gasteiger partial charge in [-0.2, -0.15) is 0 Å². The number of nitrogens with zero attached hydrogens (tertiary/aromatic N) is 1. The van der Waals surface area contributed by atoms with Crippen molar-refractivity contribution >= 4 is 32.4 Å². The van der Waals surface area contributed by atoms with Crippen molar-refractivity contribution in [3.8, 4) is 0 Å². The minimum atomic E-state index is -0.246. The first-order valence-electron chi connectivity index (χ1n) is 6.24. The van der Waals surface area contributed by atoms with Gasteiger partial charge in [0.1, 0.15) is 5.82 Å². The molecule has 3 rings (SSSR count). The summed E-state index contributed by atoms with van der Waals surface area (Å²) in [5.74, 6) is -0.246. The van der Waals surface area contributed by atoms with Crippen LogP contribution in [0.1, 0.15) is 5.56 Å². The maximum absolute atomic E-state index is 13.5. The molecule has 3 aromatic rings. The van der Waals surface area contributed by atoms with Crippen molar-refractivity contribution in [3.63, 3.8) is 0 Å². The predicted molar refractivity (Wildman–Crippen MR) is 83.2 cm³/mol. The Labute approximate surface area is 124 Å². The van der Waals surface area contributed by atoms with Crippen molar-refractivity contribution in [1.29, 1.82) is 0 Å². The molecule has 0 atom stereocenters. The van der Waals surface area contributed by atoms with Crippen molar-refractivity contribution < 1.29 is 4.39 Å². The van der Waals surface area contributed by atoms with Gasteiger partial charge in [0.15, 0.2) is 0 Å².